The number of nitrogens with zero attached hydrogens (tertiary/aromatic N) is 4. The summed E-state index contributed by atoms with van der Waals surface area (Å²) in [6, 6.07) is 7.04. The van der Waals surface area contributed by atoms with Crippen molar-refractivity contribution >= 4 is 46.0 Å². The molecule has 7 rings (SSSR count). The summed E-state index contributed by atoms with van der Waals surface area (Å²) in [4.78, 5) is 71.9. The molecule has 5 heterocycles. The number of nitrogens with one attached hydrogen (secondary N) is 2. The van der Waals surface area contributed by atoms with E-state index >= 15 is 0 Å². The number of rotatable bonds is 7. The summed E-state index contributed by atoms with van der Waals surface area (Å²) in [6.07, 6.45) is 1.95. The highest BCUT2D eigenvalue weighted by molar-refractivity contribution is 7.83. The first kappa shape index (κ1) is 33.4. The van der Waals surface area contributed by atoms with Gasteiger partial charge in [0.15, 0.2) is 5.69 Å². The summed E-state index contributed by atoms with van der Waals surface area (Å²) >= 11 is 1.12. The number of benzene rings is 1. The maximum absolute atomic E-state index is 13.5. The fraction of sp³-hybridized carbons (Fsp3) is 0.419. The topological polar surface area (TPSA) is 180 Å². The molecule has 2 aromatic heterocycles. The van der Waals surface area contributed by atoms with Crippen LogP contribution in [0, 0.1) is 11.7 Å². The number of aromatic nitrogens is 2. The van der Waals surface area contributed by atoms with Crippen LogP contribution in [0.3, 0.4) is 0 Å². The number of aromatic hydroxyl groups is 1. The van der Waals surface area contributed by atoms with Crippen LogP contribution in [0.1, 0.15) is 57.2 Å². The van der Waals surface area contributed by atoms with Gasteiger partial charge in [-0.05, 0) is 60.7 Å². The molecule has 48 heavy (non-hydrogen) atoms. The second-order valence-corrected chi connectivity index (χ2v) is 14.3. The van der Waals surface area contributed by atoms with E-state index in [0.29, 0.717) is 36.1 Å². The number of hydrogen-bond donors (Lipinski definition) is 3. The second-order valence-electron chi connectivity index (χ2n) is 11.9. The van der Waals surface area contributed by atoms with Crippen molar-refractivity contribution in [3.63, 3.8) is 0 Å². The lowest BCUT2D eigenvalue weighted by molar-refractivity contribution is -0.148. The lowest BCUT2D eigenvalue weighted by atomic mass is 9.77. The van der Waals surface area contributed by atoms with E-state index in [1.54, 1.807) is 15.8 Å². The molecule has 1 aliphatic carbocycles. The molecular weight excluding hydrogens is 668 g/mol. The predicted octanol–water partition coefficient (Wildman–Crippen LogP) is 1.25. The van der Waals surface area contributed by atoms with Crippen LogP contribution in [-0.2, 0) is 43.9 Å². The molecule has 2 bridgehead atoms. The van der Waals surface area contributed by atoms with Gasteiger partial charge in [-0.3, -0.25) is 23.7 Å². The van der Waals surface area contributed by atoms with E-state index in [9.17, 15) is 37.7 Å². The number of fused-ring (bicyclic) bond motifs is 2. The van der Waals surface area contributed by atoms with E-state index in [2.05, 4.69) is 15.6 Å². The fourth-order valence-corrected chi connectivity index (χ4v) is 8.76. The molecule has 0 spiro atoms. The molecule has 1 aromatic carbocycles. The van der Waals surface area contributed by atoms with Gasteiger partial charge < -0.3 is 25.4 Å². The van der Waals surface area contributed by atoms with Gasteiger partial charge in [-0.1, -0.05) is 12.1 Å². The Morgan fingerprint density at radius 2 is 1.79 bits per heavy atom. The van der Waals surface area contributed by atoms with Crippen LogP contribution in [0.25, 0.3) is 0 Å². The molecule has 3 aliphatic heterocycles. The summed E-state index contributed by atoms with van der Waals surface area (Å²) in [6.45, 7) is 0.793. The summed E-state index contributed by atoms with van der Waals surface area (Å²) in [5.74, 6) is -4.24. The molecule has 0 radical (unpaired) electrons. The first-order chi connectivity index (χ1) is 23.0. The van der Waals surface area contributed by atoms with E-state index in [-0.39, 0.29) is 55.9 Å². The molecule has 17 heteroatoms. The van der Waals surface area contributed by atoms with Gasteiger partial charge in [0.1, 0.15) is 27.5 Å². The minimum Gasteiger partial charge on any atom is -0.501 e. The van der Waals surface area contributed by atoms with E-state index in [4.69, 9.17) is 4.74 Å². The largest absolute Gasteiger partial charge is 0.501 e. The zero-order chi connectivity index (χ0) is 34.2. The molecule has 4 aliphatic rings. The van der Waals surface area contributed by atoms with E-state index in [1.165, 1.54) is 40.8 Å². The average molecular weight is 701 g/mol. The van der Waals surface area contributed by atoms with E-state index < -0.39 is 63.0 Å². The third-order valence-corrected chi connectivity index (χ3v) is 11.6. The number of piperazine rings is 1. The van der Waals surface area contributed by atoms with Crippen molar-refractivity contribution in [1.82, 2.24) is 29.4 Å². The van der Waals surface area contributed by atoms with Crippen molar-refractivity contribution in [1.29, 1.82) is 0 Å². The van der Waals surface area contributed by atoms with Crippen molar-refractivity contribution in [3.05, 3.63) is 73.8 Å². The minimum atomic E-state index is -1.68. The zero-order valence-corrected chi connectivity index (χ0v) is 27.5. The lowest BCUT2D eigenvalue weighted by Crippen LogP contribution is -2.57. The number of ether oxygens (including phenoxy) is 1. The van der Waals surface area contributed by atoms with Crippen LogP contribution in [0.15, 0.2) is 45.4 Å². The number of carbonyl (C=O) groups excluding carboxylic acids is 4. The number of halogens is 1. The first-order valence-electron chi connectivity index (χ1n) is 15.3. The highest BCUT2D eigenvalue weighted by Crippen LogP contribution is 2.43. The summed E-state index contributed by atoms with van der Waals surface area (Å²) in [5, 5.41) is 17.8. The van der Waals surface area contributed by atoms with Gasteiger partial charge >= 0.3 is 17.8 Å². The van der Waals surface area contributed by atoms with Gasteiger partial charge in [0.2, 0.25) is 5.75 Å². The molecule has 14 nitrogen and oxygen atoms in total. The van der Waals surface area contributed by atoms with Gasteiger partial charge in [0.05, 0.1) is 17.5 Å². The highest BCUT2D eigenvalue weighted by Gasteiger charge is 2.47. The lowest BCUT2D eigenvalue weighted by Gasteiger charge is -2.38. The van der Waals surface area contributed by atoms with Crippen molar-refractivity contribution in [2.45, 2.75) is 49.2 Å². The van der Waals surface area contributed by atoms with Gasteiger partial charge in [0, 0.05) is 39.3 Å². The first-order valence-corrected chi connectivity index (χ1v) is 17.3. The van der Waals surface area contributed by atoms with Crippen molar-refractivity contribution < 1.29 is 37.6 Å². The molecule has 2 fully saturated rings. The number of carbonyl (C=O) groups is 4. The number of thiophene rings is 1. The molecule has 1 saturated heterocycles. The van der Waals surface area contributed by atoms with Crippen molar-refractivity contribution in [2.24, 2.45) is 5.92 Å². The predicted molar refractivity (Wildman–Crippen MR) is 170 cm³/mol. The van der Waals surface area contributed by atoms with E-state index in [0.717, 1.165) is 11.3 Å². The maximum atomic E-state index is 13.5. The molecule has 254 valence electrons. The SMILES string of the molecule is COC(=O)c1sccc1S(=O)N1CCN(C(=O)C(=O)NC23CCC(CC2)Cn2c3nc(C(=O)NCc3ccc(F)cc3)c(O)c2=O)CC1. The van der Waals surface area contributed by atoms with Crippen LogP contribution in [0.5, 0.6) is 5.75 Å². The van der Waals surface area contributed by atoms with E-state index in [1.807, 2.05) is 0 Å². The Morgan fingerprint density at radius 1 is 1.10 bits per heavy atom. The second kappa shape index (κ2) is 13.6. The molecule has 3 aromatic rings. The Labute approximate surface area is 280 Å². The summed E-state index contributed by atoms with van der Waals surface area (Å²) in [5.41, 5.74) is -1.99. The van der Waals surface area contributed by atoms with Crippen LogP contribution < -0.4 is 16.2 Å². The number of hydrogen-bond acceptors (Lipinski definition) is 10. The monoisotopic (exact) mass is 700 g/mol. The number of amides is 3. The standard InChI is InChI=1S/C31H33FN6O8S2/c1-46-29(44)24-21(8-15-47-24)48(45)37-13-11-36(12-14-37)28(43)26(41)35-31-9-6-19(7-10-31)17-38-27(42)23(39)22(34-30(31)38)25(40)33-16-18-2-4-20(32)5-3-18/h2-5,8,15,19,39H,6-7,9-14,16-17H2,1H3,(H,33,40)(H,35,41). The molecule has 1 saturated carbocycles. The fourth-order valence-electron chi connectivity index (χ4n) is 6.41. The Hall–Kier alpha value is -4.48. The molecule has 1 atom stereocenters. The van der Waals surface area contributed by atoms with Crippen LogP contribution in [0.4, 0.5) is 4.39 Å². The highest BCUT2D eigenvalue weighted by atomic mass is 32.2. The summed E-state index contributed by atoms with van der Waals surface area (Å²) < 4.78 is 34.2. The average Bonchev–Trinajstić information content (AvgIpc) is 3.48. The van der Waals surface area contributed by atoms with Crippen molar-refractivity contribution in [3.8, 4) is 5.75 Å². The van der Waals surface area contributed by atoms with Gasteiger partial charge in [0.25, 0.3) is 11.5 Å². The van der Waals surface area contributed by atoms with Crippen LogP contribution >= 0.6 is 11.3 Å². The Bertz CT molecular complexity index is 1850. The number of methoxy groups -OCH3 is 1. The van der Waals surface area contributed by atoms with Crippen LogP contribution in [-0.4, -0.2) is 85.1 Å². The van der Waals surface area contributed by atoms with Gasteiger partial charge in [-0.2, -0.15) is 0 Å². The Balaban J connectivity index is 1.17. The molecule has 3 amide bonds. The normalized spacial score (nSPS) is 21.1. The van der Waals surface area contributed by atoms with Crippen LogP contribution in [0.2, 0.25) is 0 Å². The van der Waals surface area contributed by atoms with Gasteiger partial charge in [-0.25, -0.2) is 22.7 Å². The molecular formula is C31H33FN6O8S2. The molecule has 3 N–H and O–H groups in total. The van der Waals surface area contributed by atoms with Crippen molar-refractivity contribution in [2.75, 3.05) is 33.3 Å². The third kappa shape index (κ3) is 6.36. The Kier molecular flexibility index (Phi) is 9.44. The minimum absolute atomic E-state index is 0.0162. The van der Waals surface area contributed by atoms with Gasteiger partial charge in [-0.15, -0.1) is 11.3 Å². The molecule has 1 unspecified atom stereocenters. The zero-order valence-electron chi connectivity index (χ0n) is 25.9. The summed E-state index contributed by atoms with van der Waals surface area (Å²) in [7, 11) is -0.430. The maximum Gasteiger partial charge on any atom is 0.349 e. The number of esters is 1. The smallest absolute Gasteiger partial charge is 0.349 e. The quantitative estimate of drug-likeness (QED) is 0.242. The third-order valence-electron chi connectivity index (χ3n) is 9.05. The Morgan fingerprint density at radius 3 is 2.46 bits per heavy atom.